The lowest BCUT2D eigenvalue weighted by Gasteiger charge is -2.05. The molecule has 2 N–H and O–H groups in total. The number of aryl methyl sites for hydroxylation is 1. The van der Waals surface area contributed by atoms with Gasteiger partial charge in [-0.25, -0.2) is 0 Å². The number of furan rings is 1. The minimum absolute atomic E-state index is 0.0897. The molecule has 19 heavy (non-hydrogen) atoms. The molecule has 1 aromatic heterocycles. The molecule has 0 amide bonds. The Bertz CT molecular complexity index is 505. The van der Waals surface area contributed by atoms with Crippen molar-refractivity contribution in [3.63, 3.8) is 0 Å². The van der Waals surface area contributed by atoms with Crippen molar-refractivity contribution in [3.05, 3.63) is 59.0 Å². The topological polar surface area (TPSA) is 45.4 Å². The van der Waals surface area contributed by atoms with Gasteiger partial charge in [0.05, 0.1) is 13.2 Å². The van der Waals surface area contributed by atoms with Crippen LogP contribution >= 0.6 is 0 Å². The third kappa shape index (κ3) is 4.23. The second-order valence-electron chi connectivity index (χ2n) is 4.70. The highest BCUT2D eigenvalue weighted by Crippen LogP contribution is 2.10. The van der Waals surface area contributed by atoms with Gasteiger partial charge in [0.15, 0.2) is 0 Å². The van der Waals surface area contributed by atoms with Gasteiger partial charge in [0.25, 0.3) is 0 Å². The van der Waals surface area contributed by atoms with Crippen LogP contribution in [0.4, 0.5) is 0 Å². The van der Waals surface area contributed by atoms with Crippen LogP contribution in [-0.2, 0) is 26.1 Å². The zero-order valence-corrected chi connectivity index (χ0v) is 11.4. The monoisotopic (exact) mass is 259 g/mol. The highest BCUT2D eigenvalue weighted by molar-refractivity contribution is 5.22. The molecule has 0 radical (unpaired) electrons. The zero-order valence-electron chi connectivity index (χ0n) is 11.4. The van der Waals surface area contributed by atoms with Crippen LogP contribution in [0.25, 0.3) is 0 Å². The van der Waals surface area contributed by atoms with Crippen molar-refractivity contribution in [2.45, 2.75) is 39.5 Å². The van der Waals surface area contributed by atoms with Crippen LogP contribution in [0.15, 0.2) is 40.8 Å². The maximum atomic E-state index is 9.08. The maximum Gasteiger partial charge on any atom is 0.117 e. The third-order valence-electron chi connectivity index (χ3n) is 3.02. The molecule has 0 aliphatic heterocycles. The summed E-state index contributed by atoms with van der Waals surface area (Å²) in [5.41, 5.74) is 2.12. The minimum Gasteiger partial charge on any atom is -0.465 e. The van der Waals surface area contributed by atoms with E-state index in [1.165, 1.54) is 5.56 Å². The van der Waals surface area contributed by atoms with E-state index in [0.717, 1.165) is 43.0 Å². The van der Waals surface area contributed by atoms with E-state index in [4.69, 9.17) is 9.52 Å². The second-order valence-corrected chi connectivity index (χ2v) is 4.70. The molecule has 0 aliphatic carbocycles. The Hall–Kier alpha value is -1.58. The molecule has 1 aromatic carbocycles. The van der Waals surface area contributed by atoms with Gasteiger partial charge in [0.2, 0.25) is 0 Å². The summed E-state index contributed by atoms with van der Waals surface area (Å²) >= 11 is 0. The largest absolute Gasteiger partial charge is 0.465 e. The van der Waals surface area contributed by atoms with E-state index in [1.807, 2.05) is 30.3 Å². The Morgan fingerprint density at radius 2 is 1.84 bits per heavy atom. The molecular formula is C16H21NO2. The number of hydrogen-bond acceptors (Lipinski definition) is 3. The van der Waals surface area contributed by atoms with Crippen molar-refractivity contribution < 1.29 is 9.52 Å². The van der Waals surface area contributed by atoms with E-state index in [0.29, 0.717) is 0 Å². The highest BCUT2D eigenvalue weighted by Gasteiger charge is 2.01. The summed E-state index contributed by atoms with van der Waals surface area (Å²) < 4.78 is 5.70. The van der Waals surface area contributed by atoms with Gasteiger partial charge >= 0.3 is 0 Å². The van der Waals surface area contributed by atoms with Crippen molar-refractivity contribution in [2.75, 3.05) is 0 Å². The standard InChI is InChI=1S/C16H21NO2/c1-2-4-15-7-8-16(19-15)11-17-10-13-5-3-6-14(9-13)12-18/h3,5-9,17-18H,2,4,10-12H2,1H3. The molecule has 0 spiro atoms. The summed E-state index contributed by atoms with van der Waals surface area (Å²) in [5, 5.41) is 12.4. The first-order valence-corrected chi connectivity index (χ1v) is 6.78. The lowest BCUT2D eigenvalue weighted by atomic mass is 10.1. The fourth-order valence-electron chi connectivity index (χ4n) is 2.07. The van der Waals surface area contributed by atoms with E-state index in [9.17, 15) is 0 Å². The second kappa shape index (κ2) is 7.12. The number of nitrogens with one attached hydrogen (secondary N) is 1. The van der Waals surface area contributed by atoms with Gasteiger partial charge in [-0.3, -0.25) is 0 Å². The van der Waals surface area contributed by atoms with Gasteiger partial charge in [-0.1, -0.05) is 31.2 Å². The Kier molecular flexibility index (Phi) is 5.19. The molecule has 3 nitrogen and oxygen atoms in total. The first-order chi connectivity index (χ1) is 9.31. The number of aliphatic hydroxyl groups is 1. The summed E-state index contributed by atoms with van der Waals surface area (Å²) in [6, 6.07) is 12.0. The van der Waals surface area contributed by atoms with Crippen LogP contribution in [-0.4, -0.2) is 5.11 Å². The SMILES string of the molecule is CCCc1ccc(CNCc2cccc(CO)c2)o1. The summed E-state index contributed by atoms with van der Waals surface area (Å²) in [7, 11) is 0. The summed E-state index contributed by atoms with van der Waals surface area (Å²) in [6.45, 7) is 3.74. The molecule has 3 heteroatoms. The average Bonchev–Trinajstić information content (AvgIpc) is 2.87. The van der Waals surface area contributed by atoms with Gasteiger partial charge in [-0.05, 0) is 29.7 Å². The summed E-state index contributed by atoms with van der Waals surface area (Å²) in [4.78, 5) is 0. The van der Waals surface area contributed by atoms with Crippen LogP contribution in [0.5, 0.6) is 0 Å². The molecule has 0 saturated carbocycles. The molecule has 0 aliphatic rings. The van der Waals surface area contributed by atoms with E-state index < -0.39 is 0 Å². The van der Waals surface area contributed by atoms with Gasteiger partial charge < -0.3 is 14.8 Å². The summed E-state index contributed by atoms with van der Waals surface area (Å²) in [6.07, 6.45) is 2.10. The Morgan fingerprint density at radius 3 is 2.63 bits per heavy atom. The predicted molar refractivity (Wildman–Crippen MR) is 75.6 cm³/mol. The molecule has 1 heterocycles. The molecule has 102 valence electrons. The fourth-order valence-corrected chi connectivity index (χ4v) is 2.07. The molecule has 2 rings (SSSR count). The van der Waals surface area contributed by atoms with Crippen LogP contribution in [0.3, 0.4) is 0 Å². The van der Waals surface area contributed by atoms with Gasteiger partial charge in [0.1, 0.15) is 11.5 Å². The van der Waals surface area contributed by atoms with Gasteiger partial charge in [0, 0.05) is 13.0 Å². The zero-order chi connectivity index (χ0) is 13.5. The minimum atomic E-state index is 0.0897. The third-order valence-corrected chi connectivity index (χ3v) is 3.02. The number of benzene rings is 1. The Balaban J connectivity index is 1.81. The van der Waals surface area contributed by atoms with Crippen molar-refractivity contribution in [3.8, 4) is 0 Å². The van der Waals surface area contributed by atoms with Crippen LogP contribution in [0.1, 0.15) is 36.0 Å². The van der Waals surface area contributed by atoms with Gasteiger partial charge in [-0.2, -0.15) is 0 Å². The normalized spacial score (nSPS) is 10.8. The van der Waals surface area contributed by atoms with E-state index >= 15 is 0 Å². The lowest BCUT2D eigenvalue weighted by molar-refractivity contribution is 0.281. The van der Waals surface area contributed by atoms with Crippen molar-refractivity contribution in [2.24, 2.45) is 0 Å². The smallest absolute Gasteiger partial charge is 0.117 e. The van der Waals surface area contributed by atoms with Crippen LogP contribution < -0.4 is 5.32 Å². The first-order valence-electron chi connectivity index (χ1n) is 6.78. The molecule has 0 fully saturated rings. The van der Waals surface area contributed by atoms with Crippen molar-refractivity contribution in [1.82, 2.24) is 5.32 Å². The maximum absolute atomic E-state index is 9.08. The quantitative estimate of drug-likeness (QED) is 0.803. The van der Waals surface area contributed by atoms with E-state index in [2.05, 4.69) is 18.3 Å². The molecule has 2 aromatic rings. The Morgan fingerprint density at radius 1 is 1.05 bits per heavy atom. The molecule has 0 saturated heterocycles. The van der Waals surface area contributed by atoms with Crippen molar-refractivity contribution in [1.29, 1.82) is 0 Å². The predicted octanol–water partition coefficient (Wildman–Crippen LogP) is 3.01. The van der Waals surface area contributed by atoms with Gasteiger partial charge in [-0.15, -0.1) is 0 Å². The number of hydrogen-bond donors (Lipinski definition) is 2. The fraction of sp³-hybridized carbons (Fsp3) is 0.375. The number of rotatable bonds is 7. The average molecular weight is 259 g/mol. The van der Waals surface area contributed by atoms with E-state index in [1.54, 1.807) is 0 Å². The van der Waals surface area contributed by atoms with Crippen molar-refractivity contribution >= 4 is 0 Å². The van der Waals surface area contributed by atoms with E-state index in [-0.39, 0.29) is 6.61 Å². The molecule has 0 unspecified atom stereocenters. The lowest BCUT2D eigenvalue weighted by Crippen LogP contribution is -2.12. The van der Waals surface area contributed by atoms with Crippen LogP contribution in [0.2, 0.25) is 0 Å². The Labute approximate surface area is 114 Å². The molecular weight excluding hydrogens is 238 g/mol. The highest BCUT2D eigenvalue weighted by atomic mass is 16.3. The first kappa shape index (κ1) is 13.8. The summed E-state index contributed by atoms with van der Waals surface area (Å²) in [5.74, 6) is 2.03. The molecule has 0 atom stereocenters. The molecule has 0 bridgehead atoms. The number of aliphatic hydroxyl groups excluding tert-OH is 1. The van der Waals surface area contributed by atoms with Crippen LogP contribution in [0, 0.1) is 0 Å².